The molecule has 0 aromatic heterocycles. The maximum atomic E-state index is 12.1. The predicted octanol–water partition coefficient (Wildman–Crippen LogP) is 1.07. The van der Waals surface area contributed by atoms with Gasteiger partial charge in [0.2, 0.25) is 10.0 Å². The van der Waals surface area contributed by atoms with Crippen LogP contribution in [0.1, 0.15) is 19.8 Å². The Kier molecular flexibility index (Phi) is 5.08. The summed E-state index contributed by atoms with van der Waals surface area (Å²) in [6.45, 7) is 5.03. The van der Waals surface area contributed by atoms with Gasteiger partial charge in [-0.25, -0.2) is 13.1 Å². The fraction of sp³-hybridized carbons (Fsp3) is 0.571. The Morgan fingerprint density at radius 2 is 2.19 bits per heavy atom. The van der Waals surface area contributed by atoms with E-state index in [0.29, 0.717) is 17.4 Å². The largest absolute Gasteiger partial charge is 0.399 e. The van der Waals surface area contributed by atoms with Crippen LogP contribution in [0.3, 0.4) is 0 Å². The van der Waals surface area contributed by atoms with Crippen LogP contribution in [0.5, 0.6) is 0 Å². The van der Waals surface area contributed by atoms with Crippen molar-refractivity contribution in [3.8, 4) is 0 Å². The highest BCUT2D eigenvalue weighted by Crippen LogP contribution is 2.25. The number of rotatable bonds is 6. The van der Waals surface area contributed by atoms with Gasteiger partial charge in [-0.2, -0.15) is 0 Å². The van der Waals surface area contributed by atoms with Crippen molar-refractivity contribution >= 4 is 21.4 Å². The van der Waals surface area contributed by atoms with Crippen LogP contribution in [-0.4, -0.2) is 46.0 Å². The molecule has 0 aliphatic carbocycles. The smallest absolute Gasteiger partial charge is 0.242 e. The van der Waals surface area contributed by atoms with E-state index in [1.165, 1.54) is 19.5 Å². The first kappa shape index (κ1) is 16.1. The Balaban J connectivity index is 2.17. The van der Waals surface area contributed by atoms with Crippen molar-refractivity contribution in [1.29, 1.82) is 0 Å². The van der Waals surface area contributed by atoms with Crippen LogP contribution in [0.2, 0.25) is 0 Å². The van der Waals surface area contributed by atoms with Gasteiger partial charge in [-0.1, -0.05) is 6.92 Å². The fourth-order valence-corrected chi connectivity index (χ4v) is 3.73. The molecule has 118 valence electrons. The molecule has 1 aromatic rings. The number of hydrogen-bond acceptors (Lipinski definition) is 5. The Hall–Kier alpha value is -1.31. The number of benzene rings is 1. The number of likely N-dealkylation sites (tertiary alicyclic amines) is 1. The average Bonchev–Trinajstić information content (AvgIpc) is 2.93. The van der Waals surface area contributed by atoms with Crippen LogP contribution in [0.15, 0.2) is 23.1 Å². The molecule has 1 unspecified atom stereocenters. The summed E-state index contributed by atoms with van der Waals surface area (Å²) >= 11 is 0. The lowest BCUT2D eigenvalue weighted by Crippen LogP contribution is -2.35. The quantitative estimate of drug-likeness (QED) is 0.684. The number of hydrogen-bond donors (Lipinski definition) is 3. The number of nitrogens with zero attached hydrogens (tertiary/aromatic N) is 1. The lowest BCUT2D eigenvalue weighted by Gasteiger charge is -2.24. The van der Waals surface area contributed by atoms with Crippen molar-refractivity contribution in [3.63, 3.8) is 0 Å². The number of anilines is 2. The zero-order valence-electron chi connectivity index (χ0n) is 12.6. The third kappa shape index (κ3) is 3.66. The van der Waals surface area contributed by atoms with Gasteiger partial charge < -0.3 is 11.1 Å². The molecule has 0 amide bonds. The molecule has 0 saturated carbocycles. The molecule has 0 spiro atoms. The number of likely N-dealkylation sites (N-methyl/N-ethyl adjacent to an activating group) is 1. The van der Waals surface area contributed by atoms with Crippen molar-refractivity contribution in [2.75, 3.05) is 37.7 Å². The monoisotopic (exact) mass is 312 g/mol. The molecule has 7 heteroatoms. The highest BCUT2D eigenvalue weighted by Gasteiger charge is 2.24. The minimum absolute atomic E-state index is 0.200. The Labute approximate surface area is 126 Å². The van der Waals surface area contributed by atoms with Gasteiger partial charge in [-0.05, 0) is 51.2 Å². The zero-order chi connectivity index (χ0) is 15.5. The molecule has 1 aromatic carbocycles. The molecule has 1 saturated heterocycles. The van der Waals surface area contributed by atoms with Gasteiger partial charge in [0.05, 0.1) is 5.69 Å². The van der Waals surface area contributed by atoms with Crippen molar-refractivity contribution in [1.82, 2.24) is 9.62 Å². The number of nitrogen functional groups attached to an aromatic ring is 1. The second kappa shape index (κ2) is 6.64. The van der Waals surface area contributed by atoms with Gasteiger partial charge in [-0.3, -0.25) is 4.90 Å². The highest BCUT2D eigenvalue weighted by molar-refractivity contribution is 7.89. The van der Waals surface area contributed by atoms with Crippen LogP contribution < -0.4 is 15.8 Å². The second-order valence-electron chi connectivity index (χ2n) is 5.27. The van der Waals surface area contributed by atoms with E-state index in [4.69, 9.17) is 5.73 Å². The summed E-state index contributed by atoms with van der Waals surface area (Å²) in [5.74, 6) is 0. The minimum Gasteiger partial charge on any atom is -0.399 e. The van der Waals surface area contributed by atoms with E-state index in [1.807, 2.05) is 0 Å². The molecule has 0 bridgehead atoms. The predicted molar refractivity (Wildman–Crippen MR) is 85.9 cm³/mol. The van der Waals surface area contributed by atoms with E-state index >= 15 is 0 Å². The Morgan fingerprint density at radius 3 is 2.86 bits per heavy atom. The molecular formula is C14H24N4O2S. The molecule has 21 heavy (non-hydrogen) atoms. The van der Waals surface area contributed by atoms with E-state index in [0.717, 1.165) is 26.1 Å². The summed E-state index contributed by atoms with van der Waals surface area (Å²) in [5.41, 5.74) is 6.75. The van der Waals surface area contributed by atoms with Gasteiger partial charge in [0.15, 0.2) is 0 Å². The molecular weight excluding hydrogens is 288 g/mol. The van der Waals surface area contributed by atoms with E-state index in [-0.39, 0.29) is 4.90 Å². The van der Waals surface area contributed by atoms with Crippen molar-refractivity contribution in [2.24, 2.45) is 0 Å². The fourth-order valence-electron chi connectivity index (χ4n) is 2.79. The maximum Gasteiger partial charge on any atom is 0.242 e. The normalized spacial score (nSPS) is 19.8. The topological polar surface area (TPSA) is 87.5 Å². The van der Waals surface area contributed by atoms with E-state index in [2.05, 4.69) is 21.9 Å². The summed E-state index contributed by atoms with van der Waals surface area (Å²) in [6, 6.07) is 5.38. The summed E-state index contributed by atoms with van der Waals surface area (Å²) in [5, 5.41) is 3.27. The van der Waals surface area contributed by atoms with Crippen LogP contribution >= 0.6 is 0 Å². The molecule has 1 aliphatic rings. The van der Waals surface area contributed by atoms with E-state index in [1.54, 1.807) is 12.1 Å². The maximum absolute atomic E-state index is 12.1. The van der Waals surface area contributed by atoms with Crippen LogP contribution in [-0.2, 0) is 10.0 Å². The number of sulfonamides is 1. The SMILES string of the molecule is CCN1CCCC1CNc1ccc(N)cc1S(=O)(=O)NC. The average molecular weight is 312 g/mol. The lowest BCUT2D eigenvalue weighted by atomic mass is 10.2. The van der Waals surface area contributed by atoms with Crippen LogP contribution in [0.25, 0.3) is 0 Å². The third-order valence-electron chi connectivity index (χ3n) is 4.00. The lowest BCUT2D eigenvalue weighted by molar-refractivity contribution is 0.277. The molecule has 2 rings (SSSR count). The van der Waals surface area contributed by atoms with Gasteiger partial charge in [0.1, 0.15) is 4.90 Å². The number of nitrogens with one attached hydrogen (secondary N) is 2. The highest BCUT2D eigenvalue weighted by atomic mass is 32.2. The molecule has 6 nitrogen and oxygen atoms in total. The Bertz CT molecular complexity index is 589. The van der Waals surface area contributed by atoms with Gasteiger partial charge >= 0.3 is 0 Å². The molecule has 1 heterocycles. The summed E-state index contributed by atoms with van der Waals surface area (Å²) in [7, 11) is -2.12. The van der Waals surface area contributed by atoms with E-state index in [9.17, 15) is 8.42 Å². The first-order chi connectivity index (χ1) is 9.97. The summed E-state index contributed by atoms with van der Waals surface area (Å²) in [6.07, 6.45) is 2.34. The third-order valence-corrected chi connectivity index (χ3v) is 5.45. The van der Waals surface area contributed by atoms with Gasteiger partial charge in [0, 0.05) is 18.3 Å². The van der Waals surface area contributed by atoms with Crippen LogP contribution in [0.4, 0.5) is 11.4 Å². The number of nitrogens with two attached hydrogens (primary N) is 1. The molecule has 0 radical (unpaired) electrons. The Morgan fingerprint density at radius 1 is 1.43 bits per heavy atom. The first-order valence-corrected chi connectivity index (χ1v) is 8.77. The van der Waals surface area contributed by atoms with Gasteiger partial charge in [-0.15, -0.1) is 0 Å². The van der Waals surface area contributed by atoms with Crippen LogP contribution in [0, 0.1) is 0 Å². The van der Waals surface area contributed by atoms with E-state index < -0.39 is 10.0 Å². The van der Waals surface area contributed by atoms with Gasteiger partial charge in [0.25, 0.3) is 0 Å². The molecule has 1 aliphatic heterocycles. The van der Waals surface area contributed by atoms with Crippen molar-refractivity contribution in [2.45, 2.75) is 30.7 Å². The standard InChI is InChI=1S/C14H24N4O2S/c1-3-18-8-4-5-12(18)10-17-13-7-6-11(15)9-14(13)21(19,20)16-2/h6-7,9,12,16-17H,3-5,8,10,15H2,1-2H3. The summed E-state index contributed by atoms with van der Waals surface area (Å²) in [4.78, 5) is 2.61. The molecule has 1 atom stereocenters. The second-order valence-corrected chi connectivity index (χ2v) is 7.12. The van der Waals surface area contributed by atoms with Crippen molar-refractivity contribution in [3.05, 3.63) is 18.2 Å². The van der Waals surface area contributed by atoms with Crippen molar-refractivity contribution < 1.29 is 8.42 Å². The first-order valence-electron chi connectivity index (χ1n) is 7.29. The minimum atomic E-state index is -3.52. The summed E-state index contributed by atoms with van der Waals surface area (Å²) < 4.78 is 26.5. The molecule has 1 fully saturated rings. The molecule has 4 N–H and O–H groups in total. The zero-order valence-corrected chi connectivity index (χ0v) is 13.4.